The van der Waals surface area contributed by atoms with Crippen molar-refractivity contribution in [2.45, 2.75) is 12.7 Å². The molecule has 1 aromatic rings. The van der Waals surface area contributed by atoms with Gasteiger partial charge < -0.3 is 14.2 Å². The molecule has 0 saturated carbocycles. The molecule has 0 radical (unpaired) electrons. The largest absolute Gasteiger partial charge is 0.573 e. The van der Waals surface area contributed by atoms with Crippen LogP contribution in [-0.4, -0.2) is 12.7 Å². The summed E-state index contributed by atoms with van der Waals surface area (Å²) in [6, 6.07) is 5.49. The van der Waals surface area contributed by atoms with Crippen molar-refractivity contribution in [1.29, 1.82) is 0 Å². The van der Waals surface area contributed by atoms with Crippen molar-refractivity contribution in [3.05, 3.63) is 47.2 Å². The highest BCUT2D eigenvalue weighted by Gasteiger charge is 2.32. The second kappa shape index (κ2) is 5.56. The Kier molecular flexibility index (Phi) is 4.04. The minimum absolute atomic E-state index is 0.0586. The molecule has 0 aromatic heterocycles. The molecular formula is C12H8BrF3O3. The minimum Gasteiger partial charge on any atom is -0.459 e. The molecule has 0 fully saturated rings. The molecule has 0 spiro atoms. The lowest BCUT2D eigenvalue weighted by atomic mass is 10.3. The van der Waals surface area contributed by atoms with E-state index >= 15 is 0 Å². The van der Waals surface area contributed by atoms with E-state index in [0.29, 0.717) is 4.48 Å². The summed E-state index contributed by atoms with van der Waals surface area (Å²) in [6.07, 6.45) is -1.02. The second-order valence-electron chi connectivity index (χ2n) is 3.47. The Morgan fingerprint density at radius 1 is 1.16 bits per heavy atom. The van der Waals surface area contributed by atoms with Crippen LogP contribution in [0.3, 0.4) is 0 Å². The molecule has 0 N–H and O–H groups in total. The number of halogens is 4. The smallest absolute Gasteiger partial charge is 0.459 e. The van der Waals surface area contributed by atoms with Crippen molar-refractivity contribution in [2.24, 2.45) is 0 Å². The van der Waals surface area contributed by atoms with E-state index in [0.717, 1.165) is 0 Å². The summed E-state index contributed by atoms with van der Waals surface area (Å²) in [5, 5.41) is 0. The van der Waals surface area contributed by atoms with Gasteiger partial charge in [-0.15, -0.1) is 13.2 Å². The first-order valence-corrected chi connectivity index (χ1v) is 5.94. The Bertz CT molecular complexity index is 511. The molecule has 3 nitrogen and oxygen atoms in total. The van der Waals surface area contributed by atoms with Gasteiger partial charge in [0.2, 0.25) is 0 Å². The van der Waals surface area contributed by atoms with Crippen LogP contribution in [0.5, 0.6) is 11.5 Å². The average Bonchev–Trinajstić information content (AvgIpc) is 2.30. The van der Waals surface area contributed by atoms with Gasteiger partial charge >= 0.3 is 6.36 Å². The lowest BCUT2D eigenvalue weighted by molar-refractivity contribution is -0.275. The van der Waals surface area contributed by atoms with Crippen LogP contribution in [0.2, 0.25) is 0 Å². The zero-order chi connectivity index (χ0) is 13.9. The molecule has 0 saturated heterocycles. The van der Waals surface area contributed by atoms with Crippen molar-refractivity contribution >= 4 is 15.9 Å². The van der Waals surface area contributed by atoms with Crippen LogP contribution in [0.25, 0.3) is 0 Å². The molecule has 1 aromatic carbocycles. The van der Waals surface area contributed by atoms with Crippen molar-refractivity contribution in [3.8, 4) is 11.5 Å². The lowest BCUT2D eigenvalue weighted by Crippen LogP contribution is -2.20. The normalized spacial score (nSPS) is 18.5. The molecule has 2 rings (SSSR count). The molecule has 1 atom stereocenters. The monoisotopic (exact) mass is 336 g/mol. The first kappa shape index (κ1) is 13.8. The summed E-state index contributed by atoms with van der Waals surface area (Å²) in [6.45, 7) is 0. The van der Waals surface area contributed by atoms with Gasteiger partial charge in [-0.1, -0.05) is 28.1 Å². The molecule has 0 aliphatic carbocycles. The average molecular weight is 337 g/mol. The maximum absolute atomic E-state index is 12.2. The van der Waals surface area contributed by atoms with Gasteiger partial charge in [0.1, 0.15) is 0 Å². The third-order valence-corrected chi connectivity index (χ3v) is 2.58. The lowest BCUT2D eigenvalue weighted by Gasteiger charge is -2.20. The molecule has 1 heterocycles. The predicted molar refractivity (Wildman–Crippen MR) is 64.8 cm³/mol. The van der Waals surface area contributed by atoms with Crippen molar-refractivity contribution in [2.75, 3.05) is 0 Å². The second-order valence-corrected chi connectivity index (χ2v) is 4.39. The molecule has 1 aliphatic heterocycles. The van der Waals surface area contributed by atoms with E-state index in [9.17, 15) is 13.2 Å². The van der Waals surface area contributed by atoms with Crippen LogP contribution >= 0.6 is 15.9 Å². The molecule has 1 aliphatic rings. The highest BCUT2D eigenvalue weighted by Crippen LogP contribution is 2.33. The fourth-order valence-electron chi connectivity index (χ4n) is 1.35. The highest BCUT2D eigenvalue weighted by molar-refractivity contribution is 9.11. The summed E-state index contributed by atoms with van der Waals surface area (Å²) in [5.74, 6) is -0.477. The van der Waals surface area contributed by atoms with Gasteiger partial charge in [-0.25, -0.2) is 0 Å². The fraction of sp³-hybridized carbons (Fsp3) is 0.167. The zero-order valence-corrected chi connectivity index (χ0v) is 10.9. The predicted octanol–water partition coefficient (Wildman–Crippen LogP) is 4.11. The van der Waals surface area contributed by atoms with Crippen LogP contribution in [0.4, 0.5) is 13.2 Å². The van der Waals surface area contributed by atoms with E-state index in [1.54, 1.807) is 12.2 Å². The third kappa shape index (κ3) is 4.20. The number of alkyl halides is 3. The first-order chi connectivity index (χ1) is 8.94. The quantitative estimate of drug-likeness (QED) is 0.831. The first-order valence-electron chi connectivity index (χ1n) is 5.15. The highest BCUT2D eigenvalue weighted by atomic mass is 79.9. The number of hydrogen-bond acceptors (Lipinski definition) is 3. The van der Waals surface area contributed by atoms with E-state index in [4.69, 9.17) is 9.47 Å². The van der Waals surface area contributed by atoms with Gasteiger partial charge in [-0.05, 0) is 18.2 Å². The van der Waals surface area contributed by atoms with Crippen LogP contribution in [0, 0.1) is 0 Å². The Labute approximate surface area is 115 Å². The summed E-state index contributed by atoms with van der Waals surface area (Å²) in [7, 11) is 0. The molecular weight excluding hydrogens is 329 g/mol. The van der Waals surface area contributed by atoms with Gasteiger partial charge in [0.15, 0.2) is 11.5 Å². The topological polar surface area (TPSA) is 27.7 Å². The summed E-state index contributed by atoms with van der Waals surface area (Å²) in [4.78, 5) is 0. The third-order valence-electron chi connectivity index (χ3n) is 2.05. The standard InChI is InChI=1S/C12H8BrF3O3/c13-8-5-6-17-11(7-8)18-9-3-1-2-4-10(9)19-12(14,15)16/h1-7,11H. The van der Waals surface area contributed by atoms with Gasteiger partial charge in [-0.3, -0.25) is 0 Å². The van der Waals surface area contributed by atoms with Crippen molar-refractivity contribution in [3.63, 3.8) is 0 Å². The van der Waals surface area contributed by atoms with Crippen LogP contribution in [0.15, 0.2) is 47.2 Å². The van der Waals surface area contributed by atoms with E-state index < -0.39 is 18.4 Å². The summed E-state index contributed by atoms with van der Waals surface area (Å²) >= 11 is 3.21. The number of benzene rings is 1. The van der Waals surface area contributed by atoms with Crippen LogP contribution in [-0.2, 0) is 4.74 Å². The van der Waals surface area contributed by atoms with Gasteiger partial charge in [0.05, 0.1) is 6.26 Å². The van der Waals surface area contributed by atoms with Gasteiger partial charge in [0, 0.05) is 10.6 Å². The van der Waals surface area contributed by atoms with E-state index in [1.165, 1.54) is 30.5 Å². The number of allylic oxidation sites excluding steroid dienone is 2. The van der Waals surface area contributed by atoms with Crippen LogP contribution in [0.1, 0.15) is 0 Å². The van der Waals surface area contributed by atoms with E-state index in [1.807, 2.05) is 0 Å². The molecule has 0 bridgehead atoms. The Morgan fingerprint density at radius 3 is 2.47 bits per heavy atom. The zero-order valence-electron chi connectivity index (χ0n) is 9.36. The van der Waals surface area contributed by atoms with E-state index in [2.05, 4.69) is 20.7 Å². The molecule has 0 amide bonds. The number of para-hydroxylation sites is 2. The van der Waals surface area contributed by atoms with Crippen molar-refractivity contribution < 1.29 is 27.4 Å². The number of rotatable bonds is 3. The van der Waals surface area contributed by atoms with Crippen LogP contribution < -0.4 is 9.47 Å². The van der Waals surface area contributed by atoms with Crippen molar-refractivity contribution in [1.82, 2.24) is 0 Å². The Balaban J connectivity index is 2.14. The summed E-state index contributed by atoms with van der Waals surface area (Å²) in [5.41, 5.74) is 0. The maximum atomic E-state index is 12.2. The minimum atomic E-state index is -4.77. The van der Waals surface area contributed by atoms with Gasteiger partial charge in [-0.2, -0.15) is 0 Å². The Morgan fingerprint density at radius 2 is 1.84 bits per heavy atom. The molecule has 7 heteroatoms. The number of hydrogen-bond donors (Lipinski definition) is 0. The van der Waals surface area contributed by atoms with Gasteiger partial charge in [0.25, 0.3) is 6.29 Å². The summed E-state index contributed by atoms with van der Waals surface area (Å²) < 4.78 is 51.6. The molecule has 1 unspecified atom stereocenters. The Hall–Kier alpha value is -1.63. The fourth-order valence-corrected chi connectivity index (χ4v) is 1.67. The molecule has 19 heavy (non-hydrogen) atoms. The SMILES string of the molecule is FC(F)(F)Oc1ccccc1OC1C=C(Br)C=CO1. The maximum Gasteiger partial charge on any atom is 0.573 e. The van der Waals surface area contributed by atoms with E-state index in [-0.39, 0.29) is 5.75 Å². The molecule has 102 valence electrons. The number of ether oxygens (including phenoxy) is 3.